The van der Waals surface area contributed by atoms with E-state index >= 15 is 0 Å². The van der Waals surface area contributed by atoms with Crippen molar-refractivity contribution in [2.75, 3.05) is 45.4 Å². The molecule has 0 spiro atoms. The monoisotopic (exact) mass is 383 g/mol. The van der Waals surface area contributed by atoms with Gasteiger partial charge in [-0.2, -0.15) is 5.10 Å². The minimum absolute atomic E-state index is 0.0290. The summed E-state index contributed by atoms with van der Waals surface area (Å²) in [6, 6.07) is 13.4. The van der Waals surface area contributed by atoms with Crippen LogP contribution in [0.15, 0.2) is 47.6 Å². The van der Waals surface area contributed by atoms with Gasteiger partial charge in [0.1, 0.15) is 0 Å². The smallest absolute Gasteiger partial charge is 0.260 e. The number of nitrogens with zero attached hydrogens (tertiary/aromatic N) is 2. The average Bonchev–Trinajstić information content (AvgIpc) is 2.74. The molecule has 1 saturated heterocycles. The van der Waals surface area contributed by atoms with Gasteiger partial charge in [0.15, 0.2) is 18.1 Å². The number of benzene rings is 2. The topological polar surface area (TPSA) is 72.4 Å². The molecule has 148 valence electrons. The number of methoxy groups -OCH3 is 1. The van der Waals surface area contributed by atoms with Crippen molar-refractivity contribution in [3.05, 3.63) is 53.6 Å². The van der Waals surface area contributed by atoms with Crippen LogP contribution in [-0.4, -0.2) is 57.0 Å². The first kappa shape index (κ1) is 19.7. The highest BCUT2D eigenvalue weighted by atomic mass is 16.5. The van der Waals surface area contributed by atoms with Crippen LogP contribution in [0.4, 0.5) is 5.69 Å². The lowest BCUT2D eigenvalue weighted by molar-refractivity contribution is -0.137. The molecule has 0 bridgehead atoms. The molecule has 0 aliphatic carbocycles. The Hall–Kier alpha value is -3.06. The average molecular weight is 383 g/mol. The number of rotatable bonds is 7. The quantitative estimate of drug-likeness (QED) is 0.588. The highest BCUT2D eigenvalue weighted by Crippen LogP contribution is 2.27. The molecule has 2 aromatic rings. The minimum atomic E-state index is -0.0571. The standard InChI is InChI=1S/C21H25N3O4/c1-16-3-6-18(7-4-16)23-22-14-17-5-8-19(20(13-17)26-2)28-15-21(25)24-9-11-27-12-10-24/h3-8,13-14,23H,9-12,15H2,1-2H3/b22-14-. The maximum atomic E-state index is 12.2. The summed E-state index contributed by atoms with van der Waals surface area (Å²) in [7, 11) is 1.57. The Labute approximate surface area is 164 Å². The van der Waals surface area contributed by atoms with E-state index in [4.69, 9.17) is 14.2 Å². The number of hydrogen-bond acceptors (Lipinski definition) is 6. The van der Waals surface area contributed by atoms with Crippen LogP contribution >= 0.6 is 0 Å². The van der Waals surface area contributed by atoms with Gasteiger partial charge in [-0.15, -0.1) is 0 Å². The number of carbonyl (C=O) groups is 1. The fourth-order valence-electron chi connectivity index (χ4n) is 2.74. The van der Waals surface area contributed by atoms with Gasteiger partial charge in [0, 0.05) is 13.1 Å². The van der Waals surface area contributed by atoms with E-state index in [9.17, 15) is 4.79 Å². The Kier molecular flexibility index (Phi) is 6.86. The molecule has 1 aliphatic rings. The van der Waals surface area contributed by atoms with Crippen molar-refractivity contribution >= 4 is 17.8 Å². The summed E-state index contributed by atoms with van der Waals surface area (Å²) in [5.74, 6) is 1.01. The Morgan fingerprint density at radius 2 is 1.93 bits per heavy atom. The Morgan fingerprint density at radius 3 is 2.64 bits per heavy atom. The van der Waals surface area contributed by atoms with Crippen LogP contribution in [0.1, 0.15) is 11.1 Å². The molecule has 0 unspecified atom stereocenters. The summed E-state index contributed by atoms with van der Waals surface area (Å²) in [6.07, 6.45) is 1.70. The molecule has 7 heteroatoms. The molecule has 0 atom stereocenters. The molecular weight excluding hydrogens is 358 g/mol. The molecule has 1 amide bonds. The van der Waals surface area contributed by atoms with Crippen molar-refractivity contribution in [2.24, 2.45) is 5.10 Å². The lowest BCUT2D eigenvalue weighted by Gasteiger charge is -2.26. The highest BCUT2D eigenvalue weighted by Gasteiger charge is 2.18. The lowest BCUT2D eigenvalue weighted by atomic mass is 10.2. The number of hydrazone groups is 1. The zero-order valence-electron chi connectivity index (χ0n) is 16.2. The van der Waals surface area contributed by atoms with Crippen LogP contribution in [0.2, 0.25) is 0 Å². The number of ether oxygens (including phenoxy) is 3. The summed E-state index contributed by atoms with van der Waals surface area (Å²) in [5, 5.41) is 4.24. The SMILES string of the molecule is COc1cc(/C=N\Nc2ccc(C)cc2)ccc1OCC(=O)N1CCOCC1. The third kappa shape index (κ3) is 5.47. The number of morpholine rings is 1. The number of aryl methyl sites for hydroxylation is 1. The van der Waals surface area contributed by atoms with Gasteiger partial charge in [-0.1, -0.05) is 17.7 Å². The molecular formula is C21H25N3O4. The van der Waals surface area contributed by atoms with E-state index in [1.54, 1.807) is 24.3 Å². The van der Waals surface area contributed by atoms with Crippen LogP contribution in [0.5, 0.6) is 11.5 Å². The van der Waals surface area contributed by atoms with Gasteiger partial charge < -0.3 is 19.1 Å². The first-order valence-electron chi connectivity index (χ1n) is 9.18. The van der Waals surface area contributed by atoms with Crippen LogP contribution in [0, 0.1) is 6.92 Å². The van der Waals surface area contributed by atoms with E-state index < -0.39 is 0 Å². The molecule has 0 saturated carbocycles. The largest absolute Gasteiger partial charge is 0.493 e. The summed E-state index contributed by atoms with van der Waals surface area (Å²) in [4.78, 5) is 14.0. The molecule has 3 rings (SSSR count). The van der Waals surface area contributed by atoms with Crippen molar-refractivity contribution in [1.29, 1.82) is 0 Å². The maximum Gasteiger partial charge on any atom is 0.260 e. The predicted molar refractivity (Wildman–Crippen MR) is 108 cm³/mol. The van der Waals surface area contributed by atoms with Crippen LogP contribution in [0.25, 0.3) is 0 Å². The normalized spacial score (nSPS) is 14.1. The molecule has 0 aromatic heterocycles. The van der Waals surface area contributed by atoms with Gasteiger partial charge in [0.25, 0.3) is 5.91 Å². The molecule has 28 heavy (non-hydrogen) atoms. The summed E-state index contributed by atoms with van der Waals surface area (Å²) >= 11 is 0. The third-order valence-electron chi connectivity index (χ3n) is 4.36. The Morgan fingerprint density at radius 1 is 1.18 bits per heavy atom. The maximum absolute atomic E-state index is 12.2. The van der Waals surface area contributed by atoms with E-state index in [2.05, 4.69) is 10.5 Å². The number of hydrogen-bond donors (Lipinski definition) is 1. The van der Waals surface area contributed by atoms with Gasteiger partial charge in [0.2, 0.25) is 0 Å². The number of carbonyl (C=O) groups excluding carboxylic acids is 1. The van der Waals surface area contributed by atoms with Crippen LogP contribution in [-0.2, 0) is 9.53 Å². The van der Waals surface area contributed by atoms with Gasteiger partial charge >= 0.3 is 0 Å². The number of amides is 1. The second kappa shape index (κ2) is 9.75. The van der Waals surface area contributed by atoms with Crippen LogP contribution in [0.3, 0.4) is 0 Å². The molecule has 1 aliphatic heterocycles. The second-order valence-electron chi connectivity index (χ2n) is 6.43. The summed E-state index contributed by atoms with van der Waals surface area (Å²) in [5.41, 5.74) is 5.94. The first-order valence-corrected chi connectivity index (χ1v) is 9.18. The van der Waals surface area contributed by atoms with E-state index in [1.165, 1.54) is 5.56 Å². The Balaban J connectivity index is 1.57. The van der Waals surface area contributed by atoms with E-state index in [1.807, 2.05) is 43.3 Å². The van der Waals surface area contributed by atoms with Crippen molar-refractivity contribution in [1.82, 2.24) is 4.90 Å². The van der Waals surface area contributed by atoms with Crippen LogP contribution < -0.4 is 14.9 Å². The molecule has 1 heterocycles. The zero-order chi connectivity index (χ0) is 19.8. The fraction of sp³-hybridized carbons (Fsp3) is 0.333. The molecule has 0 radical (unpaired) electrons. The summed E-state index contributed by atoms with van der Waals surface area (Å²) < 4.78 is 16.3. The first-order chi connectivity index (χ1) is 13.7. The fourth-order valence-corrected chi connectivity index (χ4v) is 2.74. The van der Waals surface area contributed by atoms with Gasteiger partial charge in [-0.3, -0.25) is 10.2 Å². The van der Waals surface area contributed by atoms with E-state index in [0.29, 0.717) is 37.8 Å². The Bertz CT molecular complexity index is 815. The van der Waals surface area contributed by atoms with Gasteiger partial charge in [0.05, 0.1) is 32.2 Å². The number of nitrogens with one attached hydrogen (secondary N) is 1. The molecule has 7 nitrogen and oxygen atoms in total. The van der Waals surface area contributed by atoms with Gasteiger partial charge in [-0.05, 0) is 42.8 Å². The third-order valence-corrected chi connectivity index (χ3v) is 4.36. The second-order valence-corrected chi connectivity index (χ2v) is 6.43. The zero-order valence-corrected chi connectivity index (χ0v) is 16.2. The minimum Gasteiger partial charge on any atom is -0.493 e. The van der Waals surface area contributed by atoms with Crippen molar-refractivity contribution in [2.45, 2.75) is 6.92 Å². The number of anilines is 1. The predicted octanol–water partition coefficient (Wildman–Crippen LogP) is 2.69. The highest BCUT2D eigenvalue weighted by molar-refractivity contribution is 5.82. The summed E-state index contributed by atoms with van der Waals surface area (Å²) in [6.45, 7) is 4.35. The van der Waals surface area contributed by atoms with Gasteiger partial charge in [-0.25, -0.2) is 0 Å². The van der Waals surface area contributed by atoms with Crippen molar-refractivity contribution in [3.63, 3.8) is 0 Å². The van der Waals surface area contributed by atoms with Crippen molar-refractivity contribution < 1.29 is 19.0 Å². The molecule has 1 fully saturated rings. The van der Waals surface area contributed by atoms with Crippen molar-refractivity contribution in [3.8, 4) is 11.5 Å². The van der Waals surface area contributed by atoms with E-state index in [-0.39, 0.29) is 12.5 Å². The van der Waals surface area contributed by atoms with E-state index in [0.717, 1.165) is 11.3 Å². The molecule has 2 aromatic carbocycles. The molecule has 1 N–H and O–H groups in total. The lowest BCUT2D eigenvalue weighted by Crippen LogP contribution is -2.43.